The predicted octanol–water partition coefficient (Wildman–Crippen LogP) is 7.58. The van der Waals surface area contributed by atoms with Crippen molar-refractivity contribution in [2.45, 2.75) is 78.5 Å². The van der Waals surface area contributed by atoms with Crippen molar-refractivity contribution in [3.8, 4) is 0 Å². The molecule has 1 unspecified atom stereocenters. The molecule has 1 aliphatic heterocycles. The highest BCUT2D eigenvalue weighted by atomic mass is 19.4. The van der Waals surface area contributed by atoms with E-state index in [2.05, 4.69) is 0 Å². The van der Waals surface area contributed by atoms with Gasteiger partial charge in [0.15, 0.2) is 0 Å². The van der Waals surface area contributed by atoms with Gasteiger partial charge in [-0.25, -0.2) is 4.79 Å². The molecule has 2 amide bonds. The van der Waals surface area contributed by atoms with Crippen molar-refractivity contribution in [1.29, 1.82) is 0 Å². The smallest absolute Gasteiger partial charge is 0.416 e. The number of carbonyl (C=O) groups excluding carboxylic acids is 2. The zero-order chi connectivity index (χ0) is 28.6. The van der Waals surface area contributed by atoms with Gasteiger partial charge >= 0.3 is 18.4 Å². The Labute approximate surface area is 217 Å². The summed E-state index contributed by atoms with van der Waals surface area (Å²) in [5.74, 6) is -0.525. The van der Waals surface area contributed by atoms with Crippen molar-refractivity contribution < 1.29 is 40.7 Å². The van der Waals surface area contributed by atoms with Gasteiger partial charge in [0.2, 0.25) is 5.91 Å². The van der Waals surface area contributed by atoms with Crippen LogP contribution in [0, 0.1) is 13.8 Å². The molecule has 0 radical (unpaired) electrons. The van der Waals surface area contributed by atoms with Crippen molar-refractivity contribution in [2.24, 2.45) is 0 Å². The number of rotatable bonds is 4. The second-order valence-corrected chi connectivity index (χ2v) is 9.80. The van der Waals surface area contributed by atoms with Crippen molar-refractivity contribution in [3.05, 3.63) is 63.7 Å². The van der Waals surface area contributed by atoms with Crippen LogP contribution in [0.25, 0.3) is 0 Å². The lowest BCUT2D eigenvalue weighted by Gasteiger charge is -2.33. The molecule has 1 atom stereocenters. The van der Waals surface area contributed by atoms with Crippen LogP contribution in [0.15, 0.2) is 30.3 Å². The number of fused-ring (bicyclic) bond motifs is 1. The highest BCUT2D eigenvalue weighted by Gasteiger charge is 2.38. The Kier molecular flexibility index (Phi) is 8.38. The number of benzene rings is 2. The van der Waals surface area contributed by atoms with Gasteiger partial charge in [0, 0.05) is 20.0 Å². The van der Waals surface area contributed by atoms with Gasteiger partial charge in [0.05, 0.1) is 29.0 Å². The number of aryl methyl sites for hydroxylation is 2. The number of alkyl halides is 6. The van der Waals surface area contributed by atoms with Gasteiger partial charge in [0.1, 0.15) is 0 Å². The molecule has 38 heavy (non-hydrogen) atoms. The second kappa shape index (κ2) is 10.9. The average Bonchev–Trinajstić information content (AvgIpc) is 2.95. The standard InChI is InChI=1S/C27H30F6N2O3/c1-15(2)38-25(37)34-8-6-7-23(22-9-16(3)17(4)10-24(22)34)35(18(5)36)14-19-11-20(26(28,29)30)13-21(12-19)27(31,32)33/h9-13,15,23H,6-8,14H2,1-5H3. The Morgan fingerprint density at radius 1 is 0.974 bits per heavy atom. The number of hydrogen-bond donors (Lipinski definition) is 0. The number of halogens is 6. The molecule has 11 heteroatoms. The minimum atomic E-state index is -5.00. The summed E-state index contributed by atoms with van der Waals surface area (Å²) in [5, 5.41) is 0. The lowest BCUT2D eigenvalue weighted by Crippen LogP contribution is -2.35. The van der Waals surface area contributed by atoms with E-state index in [-0.39, 0.29) is 24.3 Å². The Bertz CT molecular complexity index is 1170. The largest absolute Gasteiger partial charge is 0.446 e. The minimum Gasteiger partial charge on any atom is -0.446 e. The molecule has 1 aliphatic rings. The summed E-state index contributed by atoms with van der Waals surface area (Å²) in [7, 11) is 0. The van der Waals surface area contributed by atoms with E-state index in [1.54, 1.807) is 26.0 Å². The molecule has 0 aliphatic carbocycles. The van der Waals surface area contributed by atoms with Crippen LogP contribution in [0.2, 0.25) is 0 Å². The summed E-state index contributed by atoms with van der Waals surface area (Å²) in [5.41, 5.74) is -0.393. The normalized spacial score (nSPS) is 16.2. The average molecular weight is 545 g/mol. The third-order valence-corrected chi connectivity index (χ3v) is 6.49. The molecule has 208 valence electrons. The van der Waals surface area contributed by atoms with Crippen molar-refractivity contribution in [1.82, 2.24) is 4.90 Å². The molecule has 2 aromatic carbocycles. The molecule has 0 fully saturated rings. The van der Waals surface area contributed by atoms with Gasteiger partial charge in [0.25, 0.3) is 0 Å². The SMILES string of the molecule is CC(=O)N(Cc1cc(C(F)(F)F)cc(C(F)(F)F)c1)C1CCCN(C(=O)OC(C)C)c2cc(C)c(C)cc21. The predicted molar refractivity (Wildman–Crippen MR) is 130 cm³/mol. The van der Waals surface area contributed by atoms with Crippen LogP contribution < -0.4 is 4.90 Å². The molecule has 5 nitrogen and oxygen atoms in total. The highest BCUT2D eigenvalue weighted by molar-refractivity contribution is 5.89. The summed E-state index contributed by atoms with van der Waals surface area (Å²) in [6.07, 6.45) is -10.2. The van der Waals surface area contributed by atoms with E-state index in [9.17, 15) is 35.9 Å². The maximum absolute atomic E-state index is 13.4. The highest BCUT2D eigenvalue weighted by Crippen LogP contribution is 2.41. The van der Waals surface area contributed by atoms with E-state index in [1.165, 1.54) is 16.7 Å². The fourth-order valence-corrected chi connectivity index (χ4v) is 4.57. The fourth-order valence-electron chi connectivity index (χ4n) is 4.57. The summed E-state index contributed by atoms with van der Waals surface area (Å²) < 4.78 is 86.0. The van der Waals surface area contributed by atoms with Gasteiger partial charge in [-0.15, -0.1) is 0 Å². The van der Waals surface area contributed by atoms with Crippen LogP contribution in [0.4, 0.5) is 36.8 Å². The van der Waals surface area contributed by atoms with E-state index in [0.29, 0.717) is 36.2 Å². The molecule has 0 bridgehead atoms. The molecular weight excluding hydrogens is 514 g/mol. The topological polar surface area (TPSA) is 49.9 Å². The first kappa shape index (κ1) is 29.3. The Morgan fingerprint density at radius 3 is 2.03 bits per heavy atom. The third-order valence-electron chi connectivity index (χ3n) is 6.49. The summed E-state index contributed by atoms with van der Waals surface area (Å²) in [4.78, 5) is 28.4. The Hall–Kier alpha value is -3.24. The van der Waals surface area contributed by atoms with Crippen molar-refractivity contribution >= 4 is 17.7 Å². The second-order valence-electron chi connectivity index (χ2n) is 9.80. The fraction of sp³-hybridized carbons (Fsp3) is 0.481. The van der Waals surface area contributed by atoms with E-state index in [1.807, 2.05) is 13.8 Å². The maximum atomic E-state index is 13.4. The Morgan fingerprint density at radius 2 is 1.53 bits per heavy atom. The molecule has 0 saturated heterocycles. The molecule has 0 saturated carbocycles. The van der Waals surface area contributed by atoms with Gasteiger partial charge in [-0.3, -0.25) is 9.69 Å². The molecular formula is C27H30F6N2O3. The molecule has 0 spiro atoms. The van der Waals surface area contributed by atoms with E-state index >= 15 is 0 Å². The molecule has 0 aromatic heterocycles. The zero-order valence-corrected chi connectivity index (χ0v) is 21.8. The number of amides is 2. The summed E-state index contributed by atoms with van der Waals surface area (Å²) in [6.45, 7) is 8.12. The lowest BCUT2D eigenvalue weighted by atomic mass is 9.94. The van der Waals surface area contributed by atoms with Gasteiger partial charge in [-0.1, -0.05) is 6.07 Å². The van der Waals surface area contributed by atoms with Gasteiger partial charge in [-0.2, -0.15) is 26.3 Å². The third kappa shape index (κ3) is 6.60. The van der Waals surface area contributed by atoms with E-state index in [0.717, 1.165) is 11.1 Å². The number of ether oxygens (including phenoxy) is 1. The molecule has 2 aromatic rings. The number of carbonyl (C=O) groups is 2. The lowest BCUT2D eigenvalue weighted by molar-refractivity contribution is -0.143. The van der Waals surface area contributed by atoms with Crippen LogP contribution in [-0.4, -0.2) is 29.5 Å². The summed E-state index contributed by atoms with van der Waals surface area (Å²) >= 11 is 0. The Balaban J connectivity index is 2.12. The quantitative estimate of drug-likeness (QED) is 0.373. The monoisotopic (exact) mass is 544 g/mol. The first-order valence-corrected chi connectivity index (χ1v) is 12.1. The maximum Gasteiger partial charge on any atom is 0.416 e. The number of hydrogen-bond acceptors (Lipinski definition) is 3. The minimum absolute atomic E-state index is 0.0624. The number of nitrogens with zero attached hydrogens (tertiary/aromatic N) is 2. The first-order chi connectivity index (χ1) is 17.5. The van der Waals surface area contributed by atoms with Crippen LogP contribution >= 0.6 is 0 Å². The summed E-state index contributed by atoms with van der Waals surface area (Å²) in [6, 6.07) is 4.23. The van der Waals surface area contributed by atoms with Crippen molar-refractivity contribution in [3.63, 3.8) is 0 Å². The van der Waals surface area contributed by atoms with Gasteiger partial charge < -0.3 is 9.64 Å². The van der Waals surface area contributed by atoms with Crippen LogP contribution in [0.1, 0.15) is 73.0 Å². The van der Waals surface area contributed by atoms with Gasteiger partial charge in [-0.05, 0) is 87.1 Å². The zero-order valence-electron chi connectivity index (χ0n) is 21.8. The van der Waals surface area contributed by atoms with Crippen LogP contribution in [0.3, 0.4) is 0 Å². The molecule has 0 N–H and O–H groups in total. The van der Waals surface area contributed by atoms with E-state index < -0.39 is 48.1 Å². The van der Waals surface area contributed by atoms with E-state index in [4.69, 9.17) is 4.74 Å². The first-order valence-electron chi connectivity index (χ1n) is 12.1. The molecule has 3 rings (SSSR count). The number of anilines is 1. The molecule has 1 heterocycles. The van der Waals surface area contributed by atoms with Crippen LogP contribution in [-0.2, 0) is 28.4 Å². The van der Waals surface area contributed by atoms with Crippen molar-refractivity contribution in [2.75, 3.05) is 11.4 Å². The van der Waals surface area contributed by atoms with Crippen LogP contribution in [0.5, 0.6) is 0 Å².